The van der Waals surface area contributed by atoms with E-state index in [9.17, 15) is 0 Å². The molecule has 9 heavy (non-hydrogen) atoms. The molecule has 0 aliphatic carbocycles. The van der Waals surface area contributed by atoms with Crippen LogP contribution in [0.1, 0.15) is 13.8 Å². The molecule has 0 aromatic rings. The maximum atomic E-state index is 5.36. The predicted octanol–water partition coefficient (Wildman–Crippen LogP) is 0.935. The summed E-state index contributed by atoms with van der Waals surface area (Å²) in [6.07, 6.45) is 2.71. The molecule has 3 heteroatoms. The third-order valence-corrected chi connectivity index (χ3v) is 1.04. The van der Waals surface area contributed by atoms with Gasteiger partial charge in [-0.25, -0.2) is 0 Å². The summed E-state index contributed by atoms with van der Waals surface area (Å²) < 4.78 is 0. The molecule has 0 aliphatic heterocycles. The molecule has 0 heterocycles. The van der Waals surface area contributed by atoms with E-state index in [-0.39, 0.29) is 32.7 Å². The Morgan fingerprint density at radius 2 is 2.11 bits per heavy atom. The second-order valence-electron chi connectivity index (χ2n) is 1.63. The van der Waals surface area contributed by atoms with Crippen LogP contribution in [0.4, 0.5) is 0 Å². The van der Waals surface area contributed by atoms with Gasteiger partial charge < -0.3 is 11.7 Å². The maximum absolute atomic E-state index is 5.36. The van der Waals surface area contributed by atoms with Crippen LogP contribution in [0.15, 0.2) is 0 Å². The summed E-state index contributed by atoms with van der Waals surface area (Å²) in [6, 6.07) is 0.347. The first-order valence-electron chi connectivity index (χ1n) is 2.88. The van der Waals surface area contributed by atoms with Gasteiger partial charge >= 0.3 is 0 Å². The van der Waals surface area contributed by atoms with Crippen molar-refractivity contribution in [1.82, 2.24) is 5.32 Å². The van der Waals surface area contributed by atoms with Crippen molar-refractivity contribution >= 4 is 7.85 Å². The molecule has 0 aromatic carbocycles. The van der Waals surface area contributed by atoms with Crippen LogP contribution in [0.5, 0.6) is 0 Å². The molecule has 0 spiro atoms. The first-order chi connectivity index (χ1) is 3.85. The van der Waals surface area contributed by atoms with Crippen LogP contribution in [0.25, 0.3) is 0 Å². The quantitative estimate of drug-likeness (QED) is 0.523. The van der Waals surface area contributed by atoms with E-state index in [4.69, 9.17) is 7.85 Å². The fourth-order valence-corrected chi connectivity index (χ4v) is 0.514. The summed E-state index contributed by atoms with van der Waals surface area (Å²) >= 11 is 0. The molecule has 0 unspecified atom stereocenters. The number of hydrogen-bond acceptors (Lipinski definition) is 1. The molecule has 1 nitrogen and oxygen atoms in total. The van der Waals surface area contributed by atoms with E-state index in [1.807, 2.05) is 26.8 Å². The normalized spacial score (nSPS) is 12.2. The summed E-state index contributed by atoms with van der Waals surface area (Å²) in [4.78, 5) is 0. The van der Waals surface area contributed by atoms with Crippen LogP contribution in [-0.2, 0) is 32.7 Å². The fraction of sp³-hybridized carbons (Fsp3) is 0.667. The number of hydrogen-bond donors (Lipinski definition) is 1. The van der Waals surface area contributed by atoms with Gasteiger partial charge in [0.15, 0.2) is 0 Å². The first-order valence-corrected chi connectivity index (χ1v) is 2.88. The van der Waals surface area contributed by atoms with Gasteiger partial charge in [0.05, 0.1) is 7.85 Å². The van der Waals surface area contributed by atoms with Gasteiger partial charge in [0.1, 0.15) is 0 Å². The van der Waals surface area contributed by atoms with Crippen molar-refractivity contribution < 1.29 is 32.7 Å². The third-order valence-electron chi connectivity index (χ3n) is 1.04. The van der Waals surface area contributed by atoms with Crippen molar-refractivity contribution in [2.45, 2.75) is 26.2 Å². The van der Waals surface area contributed by atoms with Crippen LogP contribution in [0, 0.1) is 13.0 Å². The molecule has 0 rings (SSSR count). The molecule has 1 N–H and O–H groups in total. The van der Waals surface area contributed by atoms with Crippen molar-refractivity contribution in [1.29, 1.82) is 0 Å². The molecule has 0 aromatic heterocycles. The van der Waals surface area contributed by atoms with Crippen LogP contribution >= 0.6 is 0 Å². The predicted molar refractivity (Wildman–Crippen MR) is 37.4 cm³/mol. The van der Waals surface area contributed by atoms with E-state index >= 15 is 0 Å². The summed E-state index contributed by atoms with van der Waals surface area (Å²) in [6.45, 7) is 5.84. The van der Waals surface area contributed by atoms with Gasteiger partial charge in [-0.2, -0.15) is 19.9 Å². The van der Waals surface area contributed by atoms with Gasteiger partial charge in [0, 0.05) is 32.7 Å². The summed E-state index contributed by atoms with van der Waals surface area (Å²) in [5.41, 5.74) is 0. The van der Waals surface area contributed by atoms with Crippen molar-refractivity contribution in [3.8, 4) is 0 Å². The Bertz CT molecular complexity index is 48.3. The largest absolute Gasteiger partial charge is 0.493 e. The number of nitrogens with one attached hydrogen (secondary N) is 1. The molecule has 0 aliphatic rings. The summed E-state index contributed by atoms with van der Waals surface area (Å²) in [5, 5.41) is 3.08. The molecule has 0 saturated heterocycles. The molecule has 0 saturated carbocycles. The Balaban J connectivity index is 0. The van der Waals surface area contributed by atoms with Gasteiger partial charge in [0.25, 0.3) is 0 Å². The monoisotopic (exact) mass is 198 g/mol. The average Bonchev–Trinajstić information content (AvgIpc) is 1.83. The van der Waals surface area contributed by atoms with Gasteiger partial charge in [-0.15, -0.1) is 6.32 Å². The van der Waals surface area contributed by atoms with E-state index in [1.165, 1.54) is 0 Å². The van der Waals surface area contributed by atoms with Crippen LogP contribution in [-0.4, -0.2) is 13.9 Å². The van der Waals surface area contributed by atoms with Crippen LogP contribution < -0.4 is 5.32 Å². The van der Waals surface area contributed by atoms with Gasteiger partial charge in [0.2, 0.25) is 0 Å². The molecule has 49 valence electrons. The minimum absolute atomic E-state index is 0. The molecule has 0 amide bonds. The van der Waals surface area contributed by atoms with E-state index in [2.05, 4.69) is 5.32 Å². The van der Waals surface area contributed by atoms with Crippen LogP contribution in [0.3, 0.4) is 0 Å². The van der Waals surface area contributed by atoms with E-state index in [0.717, 1.165) is 0 Å². The van der Waals surface area contributed by atoms with Crippen molar-refractivity contribution in [3.05, 3.63) is 13.0 Å². The van der Waals surface area contributed by atoms with Crippen molar-refractivity contribution in [2.24, 2.45) is 0 Å². The zero-order chi connectivity index (χ0) is 6.41. The summed E-state index contributed by atoms with van der Waals surface area (Å²) in [5.74, 6) is 0. The van der Waals surface area contributed by atoms with E-state index in [0.29, 0.717) is 12.4 Å². The third kappa shape index (κ3) is 7.02. The van der Waals surface area contributed by atoms with Gasteiger partial charge in [-0.05, 0) is 0 Å². The van der Waals surface area contributed by atoms with Crippen molar-refractivity contribution in [2.75, 3.05) is 0 Å². The van der Waals surface area contributed by atoms with Crippen LogP contribution in [0.2, 0.25) is 6.32 Å². The second-order valence-corrected chi connectivity index (χ2v) is 1.63. The SMILES string of the molecule is [B]C[C@@H]([CH-]C)N[CH-]C.[Y]. The van der Waals surface area contributed by atoms with Gasteiger partial charge in [-0.1, -0.05) is 0 Å². The Morgan fingerprint density at radius 1 is 1.56 bits per heavy atom. The zero-order valence-electron chi connectivity index (χ0n) is 6.09. The molecule has 0 fully saturated rings. The smallest absolute Gasteiger partial charge is 0.0636 e. The number of rotatable bonds is 4. The Kier molecular flexibility index (Phi) is 13.0. The second kappa shape index (κ2) is 9.13. The maximum Gasteiger partial charge on any atom is 0.0636 e. The summed E-state index contributed by atoms with van der Waals surface area (Å²) in [7, 11) is 5.36. The average molecular weight is 198 g/mol. The zero-order valence-corrected chi connectivity index (χ0v) is 8.93. The molecule has 3 radical (unpaired) electrons. The standard InChI is InChI=1S/C6H12BN.Y/c1-3-6(5-7)8-4-2;/h3-4,6,8H,5H2,1-2H3;/q-2;/t6-;/m1./s1. The van der Waals surface area contributed by atoms with E-state index < -0.39 is 0 Å². The van der Waals surface area contributed by atoms with E-state index in [1.54, 1.807) is 0 Å². The molecular formula is C6H12BNY-2. The molecule has 0 bridgehead atoms. The Labute approximate surface area is 84.6 Å². The molecule has 1 atom stereocenters. The molecular weight excluding hydrogens is 186 g/mol. The fourth-order valence-electron chi connectivity index (χ4n) is 0.514. The topological polar surface area (TPSA) is 12.0 Å². The first kappa shape index (κ1) is 12.8. The Hall–Kier alpha value is 1.13. The van der Waals surface area contributed by atoms with Crippen molar-refractivity contribution in [3.63, 3.8) is 0 Å². The Morgan fingerprint density at radius 3 is 2.22 bits per heavy atom. The van der Waals surface area contributed by atoms with Gasteiger partial charge in [-0.3, -0.25) is 6.54 Å². The minimum atomic E-state index is 0. The minimum Gasteiger partial charge on any atom is -0.493 e.